The highest BCUT2D eigenvalue weighted by molar-refractivity contribution is 7.73. The summed E-state index contributed by atoms with van der Waals surface area (Å²) in [4.78, 5) is 5.07. The van der Waals surface area contributed by atoms with Crippen molar-refractivity contribution in [2.24, 2.45) is 15.8 Å². The maximum absolute atomic E-state index is 6.21. The molecule has 2 aromatic rings. The molecular formula is C27H38NOP. The van der Waals surface area contributed by atoms with Gasteiger partial charge >= 0.3 is 0 Å². The monoisotopic (exact) mass is 423 g/mol. The van der Waals surface area contributed by atoms with E-state index in [2.05, 4.69) is 98.7 Å². The molecule has 162 valence electrons. The number of benzene rings is 2. The lowest BCUT2D eigenvalue weighted by Crippen LogP contribution is -2.33. The van der Waals surface area contributed by atoms with E-state index in [0.29, 0.717) is 6.61 Å². The van der Waals surface area contributed by atoms with Crippen LogP contribution in [-0.2, 0) is 4.74 Å². The smallest absolute Gasteiger partial charge is 0.189 e. The van der Waals surface area contributed by atoms with Gasteiger partial charge in [0.2, 0.25) is 0 Å². The van der Waals surface area contributed by atoms with Gasteiger partial charge in [0, 0.05) is 5.41 Å². The van der Waals surface area contributed by atoms with Crippen LogP contribution < -0.4 is 10.6 Å². The molecule has 0 saturated carbocycles. The third kappa shape index (κ3) is 4.65. The van der Waals surface area contributed by atoms with Gasteiger partial charge in [0.15, 0.2) is 5.90 Å². The Kier molecular flexibility index (Phi) is 6.49. The fraction of sp³-hybridized carbons (Fsp3) is 0.519. The number of aliphatic imine (C=N–C) groups is 1. The fourth-order valence-electron chi connectivity index (χ4n) is 4.38. The summed E-state index contributed by atoms with van der Waals surface area (Å²) in [5.74, 6) is 0.937. The van der Waals surface area contributed by atoms with Crippen molar-refractivity contribution < 1.29 is 4.74 Å². The van der Waals surface area contributed by atoms with E-state index < -0.39 is 7.92 Å². The fourth-order valence-corrected chi connectivity index (χ4v) is 7.85. The van der Waals surface area contributed by atoms with Crippen LogP contribution in [0, 0.1) is 38.5 Å². The summed E-state index contributed by atoms with van der Waals surface area (Å²) in [7, 11) is -0.542. The number of ether oxygens (including phenoxy) is 1. The van der Waals surface area contributed by atoms with Gasteiger partial charge < -0.3 is 4.74 Å². The van der Waals surface area contributed by atoms with Crippen LogP contribution >= 0.6 is 7.92 Å². The molecule has 0 saturated heterocycles. The highest BCUT2D eigenvalue weighted by atomic mass is 31.1. The zero-order chi connectivity index (χ0) is 22.3. The molecule has 0 aromatic heterocycles. The third-order valence-electron chi connectivity index (χ3n) is 6.20. The van der Waals surface area contributed by atoms with Gasteiger partial charge in [-0.3, -0.25) is 0 Å². The Bertz CT molecular complexity index is 860. The Morgan fingerprint density at radius 3 is 1.63 bits per heavy atom. The molecule has 3 rings (SSSR count). The van der Waals surface area contributed by atoms with E-state index in [9.17, 15) is 0 Å². The second kappa shape index (κ2) is 8.46. The van der Waals surface area contributed by atoms with Crippen LogP contribution in [0.25, 0.3) is 0 Å². The third-order valence-corrected chi connectivity index (χ3v) is 9.80. The van der Waals surface area contributed by atoms with Crippen molar-refractivity contribution in [1.29, 1.82) is 0 Å². The lowest BCUT2D eigenvalue weighted by Gasteiger charge is -2.33. The van der Waals surface area contributed by atoms with E-state index in [0.717, 1.165) is 12.1 Å². The lowest BCUT2D eigenvalue weighted by atomic mass is 9.88. The summed E-state index contributed by atoms with van der Waals surface area (Å²) in [5.41, 5.74) is 5.57. The topological polar surface area (TPSA) is 21.6 Å². The zero-order valence-corrected chi connectivity index (χ0v) is 21.2. The average Bonchev–Trinajstić information content (AvgIpc) is 3.12. The quantitative estimate of drug-likeness (QED) is 0.523. The lowest BCUT2D eigenvalue weighted by molar-refractivity contribution is 0.223. The van der Waals surface area contributed by atoms with E-state index >= 15 is 0 Å². The van der Waals surface area contributed by atoms with Gasteiger partial charge in [-0.2, -0.15) is 0 Å². The first-order valence-corrected chi connectivity index (χ1v) is 12.6. The number of aryl methyl sites for hydroxylation is 4. The number of nitrogens with zero attached hydrogens (tertiary/aromatic N) is 1. The van der Waals surface area contributed by atoms with Crippen molar-refractivity contribution in [3.05, 3.63) is 58.7 Å². The minimum atomic E-state index is -0.542. The summed E-state index contributed by atoms with van der Waals surface area (Å²) in [6.45, 7) is 21.1. The molecule has 0 aliphatic carbocycles. The molecule has 1 atom stereocenters. The molecule has 2 nitrogen and oxygen atoms in total. The summed E-state index contributed by atoms with van der Waals surface area (Å²) >= 11 is 0. The van der Waals surface area contributed by atoms with Gasteiger partial charge in [0.05, 0.1) is 6.04 Å². The molecule has 0 amide bonds. The minimum Gasteiger partial charge on any atom is -0.478 e. The van der Waals surface area contributed by atoms with Crippen molar-refractivity contribution in [3.8, 4) is 0 Å². The van der Waals surface area contributed by atoms with Crippen LogP contribution in [0.15, 0.2) is 41.4 Å². The predicted molar refractivity (Wildman–Crippen MR) is 133 cm³/mol. The summed E-state index contributed by atoms with van der Waals surface area (Å²) in [6, 6.07) is 13.6. The van der Waals surface area contributed by atoms with Gasteiger partial charge in [0.25, 0.3) is 0 Å². The molecule has 30 heavy (non-hydrogen) atoms. The van der Waals surface area contributed by atoms with Gasteiger partial charge in [-0.1, -0.05) is 71.0 Å². The first kappa shape index (κ1) is 23.0. The standard InChI is InChI=1S/C27H38NOP/c1-18-12-10-13-19(2)23(18)30(24-20(3)14-11-15-21(24)4)17-27(8,9)25-28-22(16-29-25)26(5,6)7/h10-15,22H,16-17H2,1-9H3. The molecule has 0 radical (unpaired) electrons. The van der Waals surface area contributed by atoms with E-state index in [1.165, 1.54) is 32.9 Å². The van der Waals surface area contributed by atoms with E-state index in [1.807, 2.05) is 0 Å². The van der Waals surface area contributed by atoms with Gasteiger partial charge in [-0.05, 0) is 80.1 Å². The molecule has 0 N–H and O–H groups in total. The second-order valence-corrected chi connectivity index (χ2v) is 12.6. The first-order chi connectivity index (χ1) is 13.9. The van der Waals surface area contributed by atoms with Crippen LogP contribution in [0.2, 0.25) is 0 Å². The Morgan fingerprint density at radius 1 is 0.833 bits per heavy atom. The maximum Gasteiger partial charge on any atom is 0.189 e. The van der Waals surface area contributed by atoms with Crippen LogP contribution in [0.3, 0.4) is 0 Å². The molecule has 0 spiro atoms. The number of rotatable bonds is 5. The Balaban J connectivity index is 2.08. The van der Waals surface area contributed by atoms with Crippen LogP contribution in [0.5, 0.6) is 0 Å². The van der Waals surface area contributed by atoms with Gasteiger partial charge in [0.1, 0.15) is 6.61 Å². The largest absolute Gasteiger partial charge is 0.478 e. The number of hydrogen-bond donors (Lipinski definition) is 0. The Morgan fingerprint density at radius 2 is 1.27 bits per heavy atom. The van der Waals surface area contributed by atoms with Crippen LogP contribution in [0.4, 0.5) is 0 Å². The van der Waals surface area contributed by atoms with Crippen molar-refractivity contribution in [3.63, 3.8) is 0 Å². The van der Waals surface area contributed by atoms with Gasteiger partial charge in [-0.15, -0.1) is 0 Å². The predicted octanol–water partition coefficient (Wildman–Crippen LogP) is 6.22. The molecule has 1 heterocycles. The molecular weight excluding hydrogens is 385 g/mol. The Labute approximate surface area is 184 Å². The molecule has 3 heteroatoms. The maximum atomic E-state index is 6.21. The SMILES string of the molecule is Cc1cccc(C)c1P(CC(C)(C)C1=NC(C(C)(C)C)CO1)c1c(C)cccc1C. The molecule has 1 unspecified atom stereocenters. The van der Waals surface area contributed by atoms with E-state index in [4.69, 9.17) is 9.73 Å². The van der Waals surface area contributed by atoms with Gasteiger partial charge in [-0.25, -0.2) is 4.99 Å². The van der Waals surface area contributed by atoms with Crippen LogP contribution in [-0.4, -0.2) is 24.7 Å². The summed E-state index contributed by atoms with van der Waals surface area (Å²) < 4.78 is 6.21. The van der Waals surface area contributed by atoms with E-state index in [1.54, 1.807) is 0 Å². The summed E-state index contributed by atoms with van der Waals surface area (Å²) in [6.07, 6.45) is 1.04. The molecule has 2 aromatic carbocycles. The molecule has 1 aliphatic heterocycles. The minimum absolute atomic E-state index is 0.116. The molecule has 0 fully saturated rings. The molecule has 0 bridgehead atoms. The first-order valence-electron chi connectivity index (χ1n) is 11.0. The van der Waals surface area contributed by atoms with Crippen molar-refractivity contribution in [2.75, 3.05) is 12.8 Å². The number of hydrogen-bond acceptors (Lipinski definition) is 2. The zero-order valence-electron chi connectivity index (χ0n) is 20.3. The normalized spacial score (nSPS) is 17.3. The van der Waals surface area contributed by atoms with Crippen LogP contribution in [0.1, 0.15) is 56.9 Å². The van der Waals surface area contributed by atoms with Crippen molar-refractivity contribution in [2.45, 2.75) is 68.4 Å². The highest BCUT2D eigenvalue weighted by Gasteiger charge is 2.39. The molecule has 1 aliphatic rings. The highest BCUT2D eigenvalue weighted by Crippen LogP contribution is 2.45. The van der Waals surface area contributed by atoms with E-state index in [-0.39, 0.29) is 16.9 Å². The summed E-state index contributed by atoms with van der Waals surface area (Å²) in [5, 5.41) is 3.04. The Hall–Kier alpha value is -1.66. The average molecular weight is 424 g/mol. The second-order valence-electron chi connectivity index (χ2n) is 10.6. The van der Waals surface area contributed by atoms with Crippen molar-refractivity contribution >= 4 is 24.4 Å². The van der Waals surface area contributed by atoms with Crippen molar-refractivity contribution in [1.82, 2.24) is 0 Å².